The second kappa shape index (κ2) is 8.81. The fraction of sp³-hybridized carbons (Fsp3) is 0.136. The number of carbonyl (C=O) groups is 3. The number of carbonyl (C=O) groups excluding carboxylic acids is 3. The van der Waals surface area contributed by atoms with E-state index in [1.807, 2.05) is 36.4 Å². The van der Waals surface area contributed by atoms with E-state index in [0.29, 0.717) is 11.3 Å². The molecular formula is C22H20N2O4. The second-order valence-electron chi connectivity index (χ2n) is 6.24. The molecule has 0 saturated heterocycles. The largest absolute Gasteiger partial charge is 0.454 e. The van der Waals surface area contributed by atoms with Crippen LogP contribution in [0.2, 0.25) is 0 Å². The Labute approximate surface area is 162 Å². The fourth-order valence-corrected chi connectivity index (χ4v) is 2.71. The number of rotatable bonds is 6. The van der Waals surface area contributed by atoms with Crippen LogP contribution in [0.1, 0.15) is 17.3 Å². The molecule has 0 aliphatic carbocycles. The van der Waals surface area contributed by atoms with Crippen LogP contribution in [-0.4, -0.2) is 30.4 Å². The first-order valence-electron chi connectivity index (χ1n) is 8.85. The van der Waals surface area contributed by atoms with Crippen molar-refractivity contribution in [2.75, 3.05) is 11.9 Å². The molecule has 0 spiro atoms. The molecule has 2 amide bonds. The molecule has 6 nitrogen and oxygen atoms in total. The van der Waals surface area contributed by atoms with E-state index < -0.39 is 24.5 Å². The Hall–Kier alpha value is -3.67. The summed E-state index contributed by atoms with van der Waals surface area (Å²) in [6.07, 6.45) is 0. The molecule has 0 bridgehead atoms. The standard InChI is InChI=1S/C22H20N2O4/c1-15(23-21(26)17-9-3-2-4-10-17)22(27)28-14-20(25)24-19-13-7-11-16-8-5-6-12-18(16)19/h2-13,15H,14H2,1H3,(H,23,26)(H,24,25). The average Bonchev–Trinajstić information content (AvgIpc) is 2.73. The number of benzene rings is 3. The minimum atomic E-state index is -0.877. The molecule has 0 saturated carbocycles. The number of ether oxygens (including phenoxy) is 1. The van der Waals surface area contributed by atoms with E-state index in [2.05, 4.69) is 10.6 Å². The van der Waals surface area contributed by atoms with Crippen molar-refractivity contribution in [1.82, 2.24) is 5.32 Å². The molecule has 3 rings (SSSR count). The summed E-state index contributed by atoms with van der Waals surface area (Å²) in [7, 11) is 0. The van der Waals surface area contributed by atoms with Gasteiger partial charge >= 0.3 is 5.97 Å². The lowest BCUT2D eigenvalue weighted by molar-refractivity contribution is -0.148. The van der Waals surface area contributed by atoms with Crippen LogP contribution in [0.4, 0.5) is 5.69 Å². The summed E-state index contributed by atoms with van der Waals surface area (Å²) in [6.45, 7) is 1.07. The van der Waals surface area contributed by atoms with Crippen molar-refractivity contribution in [1.29, 1.82) is 0 Å². The van der Waals surface area contributed by atoms with Gasteiger partial charge in [-0.2, -0.15) is 0 Å². The van der Waals surface area contributed by atoms with Crippen LogP contribution < -0.4 is 10.6 Å². The van der Waals surface area contributed by atoms with Crippen LogP contribution in [0.3, 0.4) is 0 Å². The van der Waals surface area contributed by atoms with Crippen molar-refractivity contribution in [3.8, 4) is 0 Å². The van der Waals surface area contributed by atoms with E-state index in [-0.39, 0.29) is 5.91 Å². The summed E-state index contributed by atoms with van der Waals surface area (Å²) < 4.78 is 5.02. The van der Waals surface area contributed by atoms with Gasteiger partial charge in [-0.3, -0.25) is 9.59 Å². The number of hydrogen-bond donors (Lipinski definition) is 2. The third-order valence-electron chi connectivity index (χ3n) is 4.15. The lowest BCUT2D eigenvalue weighted by Gasteiger charge is -2.14. The van der Waals surface area contributed by atoms with Gasteiger partial charge < -0.3 is 15.4 Å². The third kappa shape index (κ3) is 4.73. The Morgan fingerprint density at radius 3 is 2.36 bits per heavy atom. The number of amides is 2. The van der Waals surface area contributed by atoms with E-state index in [1.165, 1.54) is 6.92 Å². The Bertz CT molecular complexity index is 996. The summed E-state index contributed by atoms with van der Waals surface area (Å²) in [5.74, 6) is -1.52. The van der Waals surface area contributed by atoms with Gasteiger partial charge in [-0.05, 0) is 30.5 Å². The minimum Gasteiger partial charge on any atom is -0.454 e. The molecular weight excluding hydrogens is 356 g/mol. The van der Waals surface area contributed by atoms with Gasteiger partial charge in [-0.1, -0.05) is 54.6 Å². The highest BCUT2D eigenvalue weighted by Gasteiger charge is 2.19. The number of anilines is 1. The van der Waals surface area contributed by atoms with Gasteiger partial charge in [0.25, 0.3) is 11.8 Å². The van der Waals surface area contributed by atoms with Gasteiger partial charge in [-0.15, -0.1) is 0 Å². The van der Waals surface area contributed by atoms with Crippen LogP contribution in [0.25, 0.3) is 10.8 Å². The molecule has 6 heteroatoms. The van der Waals surface area contributed by atoms with Crippen molar-refractivity contribution in [3.63, 3.8) is 0 Å². The number of esters is 1. The second-order valence-corrected chi connectivity index (χ2v) is 6.24. The zero-order valence-electron chi connectivity index (χ0n) is 15.3. The topological polar surface area (TPSA) is 84.5 Å². The van der Waals surface area contributed by atoms with E-state index in [9.17, 15) is 14.4 Å². The molecule has 0 aliphatic heterocycles. The quantitative estimate of drug-likeness (QED) is 0.648. The van der Waals surface area contributed by atoms with Crippen LogP contribution in [0.15, 0.2) is 72.8 Å². The molecule has 0 fully saturated rings. The van der Waals surface area contributed by atoms with Gasteiger partial charge in [0.2, 0.25) is 0 Å². The highest BCUT2D eigenvalue weighted by Crippen LogP contribution is 2.22. The van der Waals surface area contributed by atoms with Crippen molar-refractivity contribution >= 4 is 34.2 Å². The fourth-order valence-electron chi connectivity index (χ4n) is 2.71. The smallest absolute Gasteiger partial charge is 0.328 e. The summed E-state index contributed by atoms with van der Waals surface area (Å²) in [6, 6.07) is 20.9. The third-order valence-corrected chi connectivity index (χ3v) is 4.15. The first-order chi connectivity index (χ1) is 13.5. The number of nitrogens with one attached hydrogen (secondary N) is 2. The molecule has 2 N–H and O–H groups in total. The Balaban J connectivity index is 1.52. The summed E-state index contributed by atoms with van der Waals surface area (Å²) in [5, 5.41) is 7.18. The predicted molar refractivity (Wildman–Crippen MR) is 107 cm³/mol. The number of fused-ring (bicyclic) bond motifs is 1. The van der Waals surface area contributed by atoms with Gasteiger partial charge in [0.05, 0.1) is 0 Å². The minimum absolute atomic E-state index is 0.384. The molecule has 0 radical (unpaired) electrons. The van der Waals surface area contributed by atoms with Crippen LogP contribution in [0.5, 0.6) is 0 Å². The molecule has 0 aromatic heterocycles. The SMILES string of the molecule is CC(NC(=O)c1ccccc1)C(=O)OCC(=O)Nc1cccc2ccccc12. The molecule has 3 aromatic rings. The molecule has 3 aromatic carbocycles. The molecule has 142 valence electrons. The van der Waals surface area contributed by atoms with E-state index >= 15 is 0 Å². The van der Waals surface area contributed by atoms with E-state index in [4.69, 9.17) is 4.74 Å². The van der Waals surface area contributed by atoms with Gasteiger partial charge in [-0.25, -0.2) is 4.79 Å². The van der Waals surface area contributed by atoms with Crippen molar-refractivity contribution < 1.29 is 19.1 Å². The lowest BCUT2D eigenvalue weighted by atomic mass is 10.1. The maximum absolute atomic E-state index is 12.2. The molecule has 1 unspecified atom stereocenters. The lowest BCUT2D eigenvalue weighted by Crippen LogP contribution is -2.40. The van der Waals surface area contributed by atoms with Gasteiger partial charge in [0.15, 0.2) is 6.61 Å². The van der Waals surface area contributed by atoms with Crippen molar-refractivity contribution in [2.45, 2.75) is 13.0 Å². The zero-order valence-corrected chi connectivity index (χ0v) is 15.3. The first-order valence-corrected chi connectivity index (χ1v) is 8.85. The molecule has 0 aliphatic rings. The van der Waals surface area contributed by atoms with Crippen molar-refractivity contribution in [2.24, 2.45) is 0 Å². The van der Waals surface area contributed by atoms with E-state index in [1.54, 1.807) is 36.4 Å². The maximum Gasteiger partial charge on any atom is 0.328 e. The Morgan fingerprint density at radius 2 is 1.57 bits per heavy atom. The Kier molecular flexibility index (Phi) is 6.01. The normalized spacial score (nSPS) is 11.5. The van der Waals surface area contributed by atoms with Gasteiger partial charge in [0, 0.05) is 16.6 Å². The monoisotopic (exact) mass is 376 g/mol. The summed E-state index contributed by atoms with van der Waals surface area (Å²) in [4.78, 5) is 36.3. The predicted octanol–water partition coefficient (Wildman–Crippen LogP) is 3.14. The van der Waals surface area contributed by atoms with Crippen LogP contribution >= 0.6 is 0 Å². The highest BCUT2D eigenvalue weighted by molar-refractivity contribution is 6.03. The van der Waals surface area contributed by atoms with Gasteiger partial charge in [0.1, 0.15) is 6.04 Å². The first kappa shape index (κ1) is 19.1. The molecule has 1 atom stereocenters. The molecule has 28 heavy (non-hydrogen) atoms. The number of hydrogen-bond acceptors (Lipinski definition) is 4. The van der Waals surface area contributed by atoms with Crippen LogP contribution in [0, 0.1) is 0 Å². The summed E-state index contributed by atoms with van der Waals surface area (Å²) >= 11 is 0. The van der Waals surface area contributed by atoms with Crippen molar-refractivity contribution in [3.05, 3.63) is 78.4 Å². The average molecular weight is 376 g/mol. The molecule has 0 heterocycles. The Morgan fingerprint density at radius 1 is 0.893 bits per heavy atom. The zero-order chi connectivity index (χ0) is 19.9. The maximum atomic E-state index is 12.2. The summed E-state index contributed by atoms with van der Waals surface area (Å²) in [5.41, 5.74) is 1.08. The van der Waals surface area contributed by atoms with E-state index in [0.717, 1.165) is 10.8 Å². The highest BCUT2D eigenvalue weighted by atomic mass is 16.5. The van der Waals surface area contributed by atoms with Crippen LogP contribution in [-0.2, 0) is 14.3 Å².